The van der Waals surface area contributed by atoms with E-state index in [2.05, 4.69) is 0 Å². The number of ether oxygens (including phenoxy) is 1. The number of carbonyl (C=O) groups excluding carboxylic acids is 1. The van der Waals surface area contributed by atoms with Crippen LogP contribution in [0.2, 0.25) is 0 Å². The summed E-state index contributed by atoms with van der Waals surface area (Å²) >= 11 is 0. The number of nitrogens with zero attached hydrogens (tertiary/aromatic N) is 1. The van der Waals surface area contributed by atoms with Crippen molar-refractivity contribution in [1.29, 1.82) is 0 Å². The highest BCUT2D eigenvalue weighted by atomic mass is 32.2. The minimum absolute atomic E-state index is 0.0984. The van der Waals surface area contributed by atoms with Gasteiger partial charge in [-0.2, -0.15) is 0 Å². The van der Waals surface area contributed by atoms with Gasteiger partial charge in [0.2, 0.25) is 15.9 Å². The molecule has 2 rings (SSSR count). The van der Waals surface area contributed by atoms with Crippen LogP contribution < -0.4 is 14.8 Å². The molecule has 0 aliphatic carbocycles. The van der Waals surface area contributed by atoms with Gasteiger partial charge in [0, 0.05) is 13.0 Å². The summed E-state index contributed by atoms with van der Waals surface area (Å²) in [5, 5.41) is 4.04. The zero-order valence-electron chi connectivity index (χ0n) is 10.9. The van der Waals surface area contributed by atoms with E-state index in [4.69, 9.17) is 9.88 Å². The smallest absolute Gasteiger partial charge is 0.272 e. The molecule has 1 amide bonds. The molecule has 0 bridgehead atoms. The van der Waals surface area contributed by atoms with Crippen molar-refractivity contribution in [1.82, 2.24) is 0 Å². The van der Waals surface area contributed by atoms with E-state index in [0.29, 0.717) is 0 Å². The Morgan fingerprint density at radius 3 is 2.62 bits per heavy atom. The van der Waals surface area contributed by atoms with Crippen LogP contribution in [0.15, 0.2) is 24.3 Å². The Bertz CT molecular complexity index is 636. The number of nitrogens with two attached hydrogens (primary N) is 1. The van der Waals surface area contributed by atoms with E-state index in [1.165, 1.54) is 17.0 Å². The average Bonchev–Trinajstić information content (AvgIpc) is 2.78. The fraction of sp³-hybridized carbons (Fsp3) is 0.417. The van der Waals surface area contributed by atoms with Crippen molar-refractivity contribution in [3.63, 3.8) is 0 Å². The zero-order valence-corrected chi connectivity index (χ0v) is 11.7. The summed E-state index contributed by atoms with van der Waals surface area (Å²) in [5.74, 6) is -0.344. The van der Waals surface area contributed by atoms with Crippen LogP contribution in [0, 0.1) is 0 Å². The van der Waals surface area contributed by atoms with E-state index in [1.807, 2.05) is 0 Å². The fourth-order valence-corrected chi connectivity index (χ4v) is 2.81. The molecule has 1 aliphatic rings. The van der Waals surface area contributed by atoms with Crippen molar-refractivity contribution in [3.8, 4) is 5.75 Å². The lowest BCUT2D eigenvalue weighted by Crippen LogP contribution is -2.32. The first kappa shape index (κ1) is 15.6. The number of carbonyl (C=O) groups is 1. The van der Waals surface area contributed by atoms with Crippen molar-refractivity contribution < 1.29 is 26.7 Å². The molecule has 1 aromatic carbocycles. The molecule has 1 fully saturated rings. The maximum atomic E-state index is 12.2. The summed E-state index contributed by atoms with van der Waals surface area (Å²) in [6, 6.07) is 6.11. The van der Waals surface area contributed by atoms with E-state index in [-0.39, 0.29) is 24.4 Å². The van der Waals surface area contributed by atoms with Crippen LogP contribution in [0.25, 0.3) is 0 Å². The minimum atomic E-state index is -3.84. The Morgan fingerprint density at radius 2 is 2.05 bits per heavy atom. The fourth-order valence-electron chi connectivity index (χ4n) is 2.08. The molecule has 9 heteroatoms. The molecular formula is C12H14F2N2O4S. The number of hydrogen-bond donors (Lipinski definition) is 1. The third kappa shape index (κ3) is 3.67. The van der Waals surface area contributed by atoms with Gasteiger partial charge in [-0.15, -0.1) is 0 Å². The van der Waals surface area contributed by atoms with Crippen molar-refractivity contribution >= 4 is 21.6 Å². The molecule has 1 heterocycles. The van der Waals surface area contributed by atoms with E-state index >= 15 is 0 Å². The first-order chi connectivity index (χ1) is 9.79. The third-order valence-corrected chi connectivity index (χ3v) is 4.32. The molecule has 0 aromatic heterocycles. The van der Waals surface area contributed by atoms with Gasteiger partial charge in [-0.1, -0.05) is 12.1 Å². The zero-order chi connectivity index (χ0) is 15.6. The number of sulfonamides is 1. The highest BCUT2D eigenvalue weighted by Gasteiger charge is 2.38. The number of primary sulfonamides is 1. The monoisotopic (exact) mass is 320 g/mol. The van der Waals surface area contributed by atoms with E-state index in [0.717, 1.165) is 0 Å². The van der Waals surface area contributed by atoms with Crippen LogP contribution >= 0.6 is 0 Å². The third-order valence-electron chi connectivity index (χ3n) is 3.08. The lowest BCUT2D eigenvalue weighted by Gasteiger charge is -2.20. The predicted molar refractivity (Wildman–Crippen MR) is 71.8 cm³/mol. The van der Waals surface area contributed by atoms with Gasteiger partial charge >= 0.3 is 0 Å². The van der Waals surface area contributed by atoms with Crippen LogP contribution in [0.4, 0.5) is 14.5 Å². The molecule has 0 radical (unpaired) electrons. The Labute approximate surface area is 120 Å². The van der Waals surface area contributed by atoms with Gasteiger partial charge < -0.3 is 9.64 Å². The second-order valence-corrected chi connectivity index (χ2v) is 6.43. The SMILES string of the molecule is NS(=O)(=O)C1CC(=O)N(c2ccccc2OCC(F)F)C1. The van der Waals surface area contributed by atoms with Crippen molar-refractivity contribution in [2.45, 2.75) is 18.1 Å². The Kier molecular flexibility index (Phi) is 4.43. The first-order valence-electron chi connectivity index (χ1n) is 6.11. The highest BCUT2D eigenvalue weighted by molar-refractivity contribution is 7.89. The van der Waals surface area contributed by atoms with Gasteiger partial charge in [0.15, 0.2) is 0 Å². The predicted octanol–water partition coefficient (Wildman–Crippen LogP) is 0.724. The van der Waals surface area contributed by atoms with Crippen molar-refractivity contribution in [3.05, 3.63) is 24.3 Å². The summed E-state index contributed by atoms with van der Waals surface area (Å²) in [4.78, 5) is 13.1. The maximum absolute atomic E-state index is 12.2. The molecule has 116 valence electrons. The molecule has 1 atom stereocenters. The van der Waals surface area contributed by atoms with Crippen molar-refractivity contribution in [2.24, 2.45) is 5.14 Å². The normalized spacial score (nSPS) is 19.3. The number of halogens is 2. The van der Waals surface area contributed by atoms with Gasteiger partial charge in [-0.3, -0.25) is 4.79 Å². The molecule has 6 nitrogen and oxygen atoms in total. The molecule has 1 aliphatic heterocycles. The number of para-hydroxylation sites is 2. The number of benzene rings is 1. The highest BCUT2D eigenvalue weighted by Crippen LogP contribution is 2.32. The quantitative estimate of drug-likeness (QED) is 0.866. The average molecular weight is 320 g/mol. The second kappa shape index (κ2) is 5.94. The Balaban J connectivity index is 2.24. The molecule has 21 heavy (non-hydrogen) atoms. The van der Waals surface area contributed by atoms with Crippen LogP contribution in [0.1, 0.15) is 6.42 Å². The molecule has 1 unspecified atom stereocenters. The van der Waals surface area contributed by atoms with Crippen LogP contribution in [0.3, 0.4) is 0 Å². The molecule has 0 spiro atoms. The second-order valence-electron chi connectivity index (χ2n) is 4.59. The topological polar surface area (TPSA) is 89.7 Å². The van der Waals surface area contributed by atoms with Gasteiger partial charge in [-0.05, 0) is 12.1 Å². The van der Waals surface area contributed by atoms with Crippen LogP contribution in [-0.4, -0.2) is 39.2 Å². The van der Waals surface area contributed by atoms with Gasteiger partial charge in [0.05, 0.1) is 5.69 Å². The standard InChI is InChI=1S/C12H14F2N2O4S/c13-11(14)7-20-10-4-2-1-3-9(10)16-6-8(5-12(16)17)21(15,18)19/h1-4,8,11H,5-7H2,(H2,15,18,19). The van der Waals surface area contributed by atoms with Gasteiger partial charge in [0.25, 0.3) is 6.43 Å². The first-order valence-corrected chi connectivity index (χ1v) is 7.72. The largest absolute Gasteiger partial charge is 0.485 e. The summed E-state index contributed by atoms with van der Waals surface area (Å²) in [6.07, 6.45) is -2.88. The molecule has 1 aromatic rings. The number of rotatable bonds is 5. The summed E-state index contributed by atoms with van der Waals surface area (Å²) < 4.78 is 52.1. The molecule has 2 N–H and O–H groups in total. The van der Waals surface area contributed by atoms with Crippen LogP contribution in [-0.2, 0) is 14.8 Å². The molecule has 1 saturated heterocycles. The Hall–Kier alpha value is -1.74. The number of anilines is 1. The van der Waals surface area contributed by atoms with E-state index in [1.54, 1.807) is 12.1 Å². The minimum Gasteiger partial charge on any atom is -0.485 e. The summed E-state index contributed by atoms with van der Waals surface area (Å²) in [6.45, 7) is -0.926. The maximum Gasteiger partial charge on any atom is 0.272 e. The lowest BCUT2D eigenvalue weighted by atomic mass is 10.2. The number of amides is 1. The van der Waals surface area contributed by atoms with Crippen molar-refractivity contribution in [2.75, 3.05) is 18.1 Å². The van der Waals surface area contributed by atoms with Gasteiger partial charge in [0.1, 0.15) is 17.6 Å². The summed E-state index contributed by atoms with van der Waals surface area (Å²) in [7, 11) is -3.84. The molecular weight excluding hydrogens is 306 g/mol. The number of alkyl halides is 2. The molecule has 0 saturated carbocycles. The summed E-state index contributed by atoms with van der Waals surface area (Å²) in [5.41, 5.74) is 0.259. The Morgan fingerprint density at radius 1 is 1.38 bits per heavy atom. The lowest BCUT2D eigenvalue weighted by molar-refractivity contribution is -0.117. The van der Waals surface area contributed by atoms with E-state index in [9.17, 15) is 22.0 Å². The van der Waals surface area contributed by atoms with E-state index < -0.39 is 34.2 Å². The van der Waals surface area contributed by atoms with Crippen LogP contribution in [0.5, 0.6) is 5.75 Å². The number of hydrogen-bond acceptors (Lipinski definition) is 4. The van der Waals surface area contributed by atoms with Gasteiger partial charge in [-0.25, -0.2) is 22.3 Å².